The number of nitrogens with one attached hydrogen (secondary N) is 1. The van der Waals surface area contributed by atoms with Gasteiger partial charge in [-0.2, -0.15) is 0 Å². The molecule has 0 fully saturated rings. The first kappa shape index (κ1) is 7.46. The van der Waals surface area contributed by atoms with Crippen molar-refractivity contribution in [1.29, 1.82) is 0 Å². The summed E-state index contributed by atoms with van der Waals surface area (Å²) in [5, 5.41) is 21.7. The average Bonchev–Trinajstić information content (AvgIpc) is 2.07. The molecule has 0 aliphatic carbocycles. The number of anilines is 1. The first-order chi connectivity index (χ1) is 5.43. The molecule has 0 saturated carbocycles. The van der Waals surface area contributed by atoms with Gasteiger partial charge in [-0.05, 0) is 11.3 Å². The van der Waals surface area contributed by atoms with Crippen molar-refractivity contribution >= 4 is 5.82 Å². The SMILES string of the molecule is OC=CCNc1ccnnn1. The summed E-state index contributed by atoms with van der Waals surface area (Å²) in [6.45, 7) is 0.523. The lowest BCUT2D eigenvalue weighted by molar-refractivity contribution is 0.472. The van der Waals surface area contributed by atoms with Gasteiger partial charge in [0.2, 0.25) is 0 Å². The Kier molecular flexibility index (Phi) is 2.85. The monoisotopic (exact) mass is 152 g/mol. The molecule has 1 heterocycles. The van der Waals surface area contributed by atoms with Crippen LogP contribution in [0, 0.1) is 0 Å². The molecular formula is C6H8N4O. The second-order valence-electron chi connectivity index (χ2n) is 1.77. The van der Waals surface area contributed by atoms with E-state index in [9.17, 15) is 0 Å². The van der Waals surface area contributed by atoms with Gasteiger partial charge in [0, 0.05) is 12.6 Å². The quantitative estimate of drug-likeness (QED) is 0.612. The largest absolute Gasteiger partial charge is 0.516 e. The molecule has 0 saturated heterocycles. The Morgan fingerprint density at radius 2 is 2.55 bits per heavy atom. The normalized spacial score (nSPS) is 10.2. The highest BCUT2D eigenvalue weighted by Gasteiger charge is 1.87. The molecular weight excluding hydrogens is 144 g/mol. The van der Waals surface area contributed by atoms with E-state index in [4.69, 9.17) is 5.11 Å². The van der Waals surface area contributed by atoms with Crippen LogP contribution in [0.4, 0.5) is 5.82 Å². The number of nitrogens with zero attached hydrogens (tertiary/aromatic N) is 3. The number of aliphatic hydroxyl groups excluding tert-OH is 1. The van der Waals surface area contributed by atoms with Crippen LogP contribution in [0.5, 0.6) is 0 Å². The third-order valence-electron chi connectivity index (χ3n) is 1.01. The smallest absolute Gasteiger partial charge is 0.152 e. The summed E-state index contributed by atoms with van der Waals surface area (Å²) in [6.07, 6.45) is 4.07. The van der Waals surface area contributed by atoms with Gasteiger partial charge in [-0.1, -0.05) is 0 Å². The summed E-state index contributed by atoms with van der Waals surface area (Å²) in [6, 6.07) is 1.69. The molecule has 1 aromatic rings. The molecule has 5 nitrogen and oxygen atoms in total. The third kappa shape index (κ3) is 2.61. The van der Waals surface area contributed by atoms with E-state index in [-0.39, 0.29) is 0 Å². The highest BCUT2D eigenvalue weighted by molar-refractivity contribution is 5.30. The zero-order valence-corrected chi connectivity index (χ0v) is 5.81. The summed E-state index contributed by atoms with van der Waals surface area (Å²) < 4.78 is 0. The molecule has 58 valence electrons. The maximum Gasteiger partial charge on any atom is 0.152 e. The third-order valence-corrected chi connectivity index (χ3v) is 1.01. The molecule has 0 aromatic carbocycles. The second kappa shape index (κ2) is 4.21. The summed E-state index contributed by atoms with van der Waals surface area (Å²) in [5.41, 5.74) is 0. The van der Waals surface area contributed by atoms with Gasteiger partial charge in [-0.3, -0.25) is 0 Å². The molecule has 2 N–H and O–H groups in total. The summed E-state index contributed by atoms with van der Waals surface area (Å²) >= 11 is 0. The Bertz CT molecular complexity index is 223. The Labute approximate surface area is 63.8 Å². The first-order valence-corrected chi connectivity index (χ1v) is 3.11. The summed E-state index contributed by atoms with van der Waals surface area (Å²) in [4.78, 5) is 0. The van der Waals surface area contributed by atoms with Gasteiger partial charge >= 0.3 is 0 Å². The Morgan fingerprint density at radius 3 is 3.18 bits per heavy atom. The molecule has 1 aromatic heterocycles. The molecule has 0 radical (unpaired) electrons. The van der Waals surface area contributed by atoms with E-state index in [0.717, 1.165) is 6.26 Å². The molecule has 0 spiro atoms. The molecule has 0 aliphatic heterocycles. The van der Waals surface area contributed by atoms with Gasteiger partial charge in [-0.25, -0.2) is 0 Å². The van der Waals surface area contributed by atoms with Crippen molar-refractivity contribution in [2.75, 3.05) is 11.9 Å². The van der Waals surface area contributed by atoms with Crippen molar-refractivity contribution in [3.05, 3.63) is 24.6 Å². The maximum absolute atomic E-state index is 8.28. The highest BCUT2D eigenvalue weighted by atomic mass is 16.2. The minimum Gasteiger partial charge on any atom is -0.516 e. The number of aromatic nitrogens is 3. The minimum absolute atomic E-state index is 0.523. The van der Waals surface area contributed by atoms with E-state index in [0.29, 0.717) is 12.4 Å². The van der Waals surface area contributed by atoms with Crippen molar-refractivity contribution in [2.45, 2.75) is 0 Å². The Balaban J connectivity index is 2.39. The lowest BCUT2D eigenvalue weighted by Crippen LogP contribution is -2.01. The number of aliphatic hydroxyl groups is 1. The molecule has 11 heavy (non-hydrogen) atoms. The number of hydrogen-bond acceptors (Lipinski definition) is 5. The van der Waals surface area contributed by atoms with Gasteiger partial charge in [-0.15, -0.1) is 10.2 Å². The van der Waals surface area contributed by atoms with Gasteiger partial charge in [0.25, 0.3) is 0 Å². The van der Waals surface area contributed by atoms with Crippen LogP contribution in [0.1, 0.15) is 0 Å². The molecule has 5 heteroatoms. The topological polar surface area (TPSA) is 70.9 Å². The molecule has 0 amide bonds. The van der Waals surface area contributed by atoms with Crippen molar-refractivity contribution in [1.82, 2.24) is 15.4 Å². The predicted octanol–water partition coefficient (Wildman–Crippen LogP) is 0.355. The fraction of sp³-hybridized carbons (Fsp3) is 0.167. The zero-order valence-electron chi connectivity index (χ0n) is 5.81. The molecule has 0 bridgehead atoms. The van der Waals surface area contributed by atoms with Crippen molar-refractivity contribution in [2.24, 2.45) is 0 Å². The van der Waals surface area contributed by atoms with Crippen molar-refractivity contribution in [3.8, 4) is 0 Å². The minimum atomic E-state index is 0.523. The fourth-order valence-electron chi connectivity index (χ4n) is 0.552. The molecule has 0 unspecified atom stereocenters. The highest BCUT2D eigenvalue weighted by Crippen LogP contribution is 1.94. The van der Waals surface area contributed by atoms with Crippen LogP contribution in [0.25, 0.3) is 0 Å². The van der Waals surface area contributed by atoms with Crippen LogP contribution in [0.2, 0.25) is 0 Å². The van der Waals surface area contributed by atoms with Crippen LogP contribution in [0.15, 0.2) is 24.6 Å². The van der Waals surface area contributed by atoms with Gasteiger partial charge in [0.1, 0.15) is 0 Å². The Hall–Kier alpha value is -1.65. The number of hydrogen-bond donors (Lipinski definition) is 2. The maximum atomic E-state index is 8.28. The molecule has 0 aliphatic rings. The standard InChI is InChI=1S/C6H8N4O/c11-5-1-3-7-6-2-4-8-10-9-6/h1-2,4-5,11H,3H2,(H,7,8,9). The van der Waals surface area contributed by atoms with Crippen LogP contribution in [-0.2, 0) is 0 Å². The average molecular weight is 152 g/mol. The van der Waals surface area contributed by atoms with E-state index in [2.05, 4.69) is 20.7 Å². The van der Waals surface area contributed by atoms with Crippen LogP contribution >= 0.6 is 0 Å². The molecule has 1 rings (SSSR count). The predicted molar refractivity (Wildman–Crippen MR) is 40.1 cm³/mol. The van der Waals surface area contributed by atoms with Gasteiger partial charge in [0.05, 0.1) is 12.5 Å². The lowest BCUT2D eigenvalue weighted by atomic mass is 10.5. The Morgan fingerprint density at radius 1 is 1.64 bits per heavy atom. The van der Waals surface area contributed by atoms with Crippen molar-refractivity contribution < 1.29 is 5.11 Å². The van der Waals surface area contributed by atoms with Crippen LogP contribution in [-0.4, -0.2) is 27.1 Å². The fourth-order valence-corrected chi connectivity index (χ4v) is 0.552. The van der Waals surface area contributed by atoms with E-state index in [1.807, 2.05) is 0 Å². The van der Waals surface area contributed by atoms with E-state index in [1.54, 1.807) is 12.1 Å². The zero-order chi connectivity index (χ0) is 7.94. The van der Waals surface area contributed by atoms with Gasteiger partial charge < -0.3 is 10.4 Å². The molecule has 0 atom stereocenters. The number of rotatable bonds is 3. The van der Waals surface area contributed by atoms with Gasteiger partial charge in [0.15, 0.2) is 5.82 Å². The lowest BCUT2D eigenvalue weighted by Gasteiger charge is -1.97. The van der Waals surface area contributed by atoms with E-state index >= 15 is 0 Å². The van der Waals surface area contributed by atoms with E-state index < -0.39 is 0 Å². The van der Waals surface area contributed by atoms with E-state index in [1.165, 1.54) is 6.20 Å². The first-order valence-electron chi connectivity index (χ1n) is 3.11. The van der Waals surface area contributed by atoms with Crippen LogP contribution in [0.3, 0.4) is 0 Å². The van der Waals surface area contributed by atoms with Crippen LogP contribution < -0.4 is 5.32 Å². The summed E-state index contributed by atoms with van der Waals surface area (Å²) in [5.74, 6) is 0.637. The van der Waals surface area contributed by atoms with Crippen molar-refractivity contribution in [3.63, 3.8) is 0 Å². The second-order valence-corrected chi connectivity index (χ2v) is 1.77. The summed E-state index contributed by atoms with van der Waals surface area (Å²) in [7, 11) is 0.